The largest absolute Gasteiger partial charge is 0.328 e. The maximum absolute atomic E-state index is 14.3. The van der Waals surface area contributed by atoms with E-state index in [0.29, 0.717) is 19.3 Å². The standard InChI is InChI=1S/C10H15FN2S/c11-10(3-1-2-8(12)4-10)5-9-6-13-7-14-9/h6-8H,1-5,12H2. The highest BCUT2D eigenvalue weighted by molar-refractivity contribution is 7.09. The van der Waals surface area contributed by atoms with Crippen LogP contribution in [0.3, 0.4) is 0 Å². The van der Waals surface area contributed by atoms with Gasteiger partial charge in [-0.2, -0.15) is 0 Å². The van der Waals surface area contributed by atoms with Gasteiger partial charge < -0.3 is 5.73 Å². The molecular formula is C10H15FN2S. The molecule has 2 unspecified atom stereocenters. The molecule has 1 saturated carbocycles. The lowest BCUT2D eigenvalue weighted by molar-refractivity contribution is 0.0973. The van der Waals surface area contributed by atoms with E-state index in [2.05, 4.69) is 4.98 Å². The molecule has 2 rings (SSSR count). The molecule has 1 heterocycles. The number of aromatic nitrogens is 1. The summed E-state index contributed by atoms with van der Waals surface area (Å²) in [5, 5.41) is 0. The second kappa shape index (κ2) is 3.95. The van der Waals surface area contributed by atoms with E-state index in [1.807, 2.05) is 0 Å². The molecule has 1 aliphatic rings. The number of hydrogen-bond acceptors (Lipinski definition) is 3. The van der Waals surface area contributed by atoms with Gasteiger partial charge in [-0.3, -0.25) is 4.98 Å². The van der Waals surface area contributed by atoms with E-state index in [-0.39, 0.29) is 6.04 Å². The number of rotatable bonds is 2. The summed E-state index contributed by atoms with van der Waals surface area (Å²) in [6, 6.07) is 0.0432. The molecule has 14 heavy (non-hydrogen) atoms. The minimum absolute atomic E-state index is 0.0432. The first-order chi connectivity index (χ1) is 6.68. The van der Waals surface area contributed by atoms with E-state index >= 15 is 0 Å². The Balaban J connectivity index is 2.01. The number of nitrogens with zero attached hydrogens (tertiary/aromatic N) is 1. The van der Waals surface area contributed by atoms with E-state index in [0.717, 1.165) is 17.7 Å². The molecule has 1 aromatic rings. The van der Waals surface area contributed by atoms with Gasteiger partial charge in [0.15, 0.2) is 0 Å². The fourth-order valence-electron chi connectivity index (χ4n) is 2.16. The summed E-state index contributed by atoms with van der Waals surface area (Å²) >= 11 is 1.52. The van der Waals surface area contributed by atoms with Crippen LogP contribution in [0.4, 0.5) is 4.39 Å². The first-order valence-electron chi connectivity index (χ1n) is 5.00. The van der Waals surface area contributed by atoms with E-state index in [9.17, 15) is 4.39 Å². The second-order valence-corrected chi connectivity index (χ2v) is 5.12. The normalized spacial score (nSPS) is 33.1. The summed E-state index contributed by atoms with van der Waals surface area (Å²) in [5.74, 6) is 0. The van der Waals surface area contributed by atoms with Gasteiger partial charge in [0.25, 0.3) is 0 Å². The maximum Gasteiger partial charge on any atom is 0.117 e. The van der Waals surface area contributed by atoms with Crippen LogP contribution in [0.1, 0.15) is 30.6 Å². The Hall–Kier alpha value is -0.480. The summed E-state index contributed by atoms with van der Waals surface area (Å²) in [6.07, 6.45) is 5.28. The molecule has 1 aliphatic carbocycles. The van der Waals surface area contributed by atoms with Crippen molar-refractivity contribution in [2.75, 3.05) is 0 Å². The number of alkyl halides is 1. The Kier molecular flexibility index (Phi) is 2.83. The van der Waals surface area contributed by atoms with Crippen LogP contribution < -0.4 is 5.73 Å². The molecule has 4 heteroatoms. The minimum Gasteiger partial charge on any atom is -0.328 e. The monoisotopic (exact) mass is 214 g/mol. The Morgan fingerprint density at radius 3 is 3.21 bits per heavy atom. The molecule has 1 fully saturated rings. The Morgan fingerprint density at radius 1 is 1.71 bits per heavy atom. The van der Waals surface area contributed by atoms with E-state index in [1.54, 1.807) is 11.7 Å². The van der Waals surface area contributed by atoms with Crippen molar-refractivity contribution in [1.29, 1.82) is 0 Å². The van der Waals surface area contributed by atoms with E-state index in [1.165, 1.54) is 11.3 Å². The first-order valence-corrected chi connectivity index (χ1v) is 5.88. The van der Waals surface area contributed by atoms with Crippen molar-refractivity contribution in [1.82, 2.24) is 4.98 Å². The van der Waals surface area contributed by atoms with Crippen molar-refractivity contribution in [3.05, 3.63) is 16.6 Å². The maximum atomic E-state index is 14.3. The van der Waals surface area contributed by atoms with Crippen LogP contribution in [-0.2, 0) is 6.42 Å². The van der Waals surface area contributed by atoms with Gasteiger partial charge in [0, 0.05) is 23.5 Å². The van der Waals surface area contributed by atoms with Crippen LogP contribution in [0.25, 0.3) is 0 Å². The lowest BCUT2D eigenvalue weighted by Gasteiger charge is -2.32. The highest BCUT2D eigenvalue weighted by atomic mass is 32.1. The SMILES string of the molecule is NC1CCCC(F)(Cc2cncs2)C1. The van der Waals surface area contributed by atoms with E-state index < -0.39 is 5.67 Å². The first kappa shape index (κ1) is 10.1. The molecule has 0 radical (unpaired) electrons. The molecule has 0 aromatic carbocycles. The highest BCUT2D eigenvalue weighted by Crippen LogP contribution is 2.34. The average Bonchev–Trinajstić information content (AvgIpc) is 2.55. The third-order valence-corrected chi connectivity index (χ3v) is 3.58. The smallest absolute Gasteiger partial charge is 0.117 e. The zero-order valence-electron chi connectivity index (χ0n) is 8.08. The number of thiazole rings is 1. The van der Waals surface area contributed by atoms with Gasteiger partial charge in [0.1, 0.15) is 5.67 Å². The lowest BCUT2D eigenvalue weighted by Crippen LogP contribution is -2.39. The Labute approximate surface area is 87.3 Å². The zero-order chi connectivity index (χ0) is 10.0. The molecule has 0 spiro atoms. The van der Waals surface area contributed by atoms with Gasteiger partial charge in [-0.15, -0.1) is 11.3 Å². The quantitative estimate of drug-likeness (QED) is 0.820. The van der Waals surface area contributed by atoms with Crippen LogP contribution in [0.5, 0.6) is 0 Å². The summed E-state index contributed by atoms with van der Waals surface area (Å²) in [4.78, 5) is 4.99. The van der Waals surface area contributed by atoms with Crippen molar-refractivity contribution in [2.24, 2.45) is 5.73 Å². The molecule has 1 aromatic heterocycles. The summed E-state index contributed by atoms with van der Waals surface area (Å²) in [7, 11) is 0. The van der Waals surface area contributed by atoms with Crippen molar-refractivity contribution >= 4 is 11.3 Å². The van der Waals surface area contributed by atoms with Crippen molar-refractivity contribution in [3.63, 3.8) is 0 Å². The molecule has 2 atom stereocenters. The number of halogens is 1. The molecule has 2 nitrogen and oxygen atoms in total. The molecule has 0 amide bonds. The summed E-state index contributed by atoms with van der Waals surface area (Å²) in [6.45, 7) is 0. The Bertz CT molecular complexity index is 288. The molecule has 78 valence electrons. The Morgan fingerprint density at radius 2 is 2.57 bits per heavy atom. The molecule has 0 aliphatic heterocycles. The molecule has 0 bridgehead atoms. The van der Waals surface area contributed by atoms with E-state index in [4.69, 9.17) is 5.73 Å². The minimum atomic E-state index is -1.08. The van der Waals surface area contributed by atoms with Crippen molar-refractivity contribution < 1.29 is 4.39 Å². The van der Waals surface area contributed by atoms with Gasteiger partial charge in [-0.1, -0.05) is 0 Å². The van der Waals surface area contributed by atoms with Crippen molar-refractivity contribution in [2.45, 2.75) is 43.8 Å². The van der Waals surface area contributed by atoms with Gasteiger partial charge in [0.2, 0.25) is 0 Å². The number of nitrogens with two attached hydrogens (primary N) is 1. The fourth-order valence-corrected chi connectivity index (χ4v) is 2.88. The van der Waals surface area contributed by atoms with Crippen molar-refractivity contribution in [3.8, 4) is 0 Å². The average molecular weight is 214 g/mol. The third-order valence-electron chi connectivity index (χ3n) is 2.80. The predicted molar refractivity (Wildman–Crippen MR) is 56.1 cm³/mol. The van der Waals surface area contributed by atoms with Gasteiger partial charge in [-0.25, -0.2) is 4.39 Å². The van der Waals surface area contributed by atoms with Crippen LogP contribution >= 0.6 is 11.3 Å². The lowest BCUT2D eigenvalue weighted by atomic mass is 9.81. The van der Waals surface area contributed by atoms with Crippen LogP contribution in [0.2, 0.25) is 0 Å². The molecule has 2 N–H and O–H groups in total. The summed E-state index contributed by atoms with van der Waals surface area (Å²) in [5.41, 5.74) is 6.46. The zero-order valence-corrected chi connectivity index (χ0v) is 8.89. The van der Waals surface area contributed by atoms with Gasteiger partial charge >= 0.3 is 0 Å². The van der Waals surface area contributed by atoms with Crippen LogP contribution in [0.15, 0.2) is 11.7 Å². The van der Waals surface area contributed by atoms with Crippen LogP contribution in [0, 0.1) is 0 Å². The second-order valence-electron chi connectivity index (χ2n) is 4.15. The predicted octanol–water partition coefficient (Wildman–Crippen LogP) is 2.30. The summed E-state index contributed by atoms with van der Waals surface area (Å²) < 4.78 is 14.3. The third kappa shape index (κ3) is 2.30. The molecule has 0 saturated heterocycles. The van der Waals surface area contributed by atoms with Gasteiger partial charge in [-0.05, 0) is 25.7 Å². The molecular weight excluding hydrogens is 199 g/mol. The highest BCUT2D eigenvalue weighted by Gasteiger charge is 2.35. The van der Waals surface area contributed by atoms with Crippen LogP contribution in [-0.4, -0.2) is 16.7 Å². The fraction of sp³-hybridized carbons (Fsp3) is 0.700. The number of hydrogen-bond donors (Lipinski definition) is 1. The topological polar surface area (TPSA) is 38.9 Å². The van der Waals surface area contributed by atoms with Gasteiger partial charge in [0.05, 0.1) is 5.51 Å².